The molecule has 0 saturated carbocycles. The first-order valence-corrected chi connectivity index (χ1v) is 12.2. The second-order valence-corrected chi connectivity index (χ2v) is 8.35. The lowest BCUT2D eigenvalue weighted by atomic mass is 10.1. The van der Waals surface area contributed by atoms with Crippen molar-refractivity contribution in [1.29, 1.82) is 0 Å². The van der Waals surface area contributed by atoms with Crippen molar-refractivity contribution < 1.29 is 28.6 Å². The van der Waals surface area contributed by atoms with Gasteiger partial charge in [0.25, 0.3) is 0 Å². The van der Waals surface area contributed by atoms with E-state index in [0.717, 1.165) is 17.2 Å². The molecular weight excluding hydrogens is 498 g/mol. The zero-order valence-electron chi connectivity index (χ0n) is 21.5. The predicted octanol–water partition coefficient (Wildman–Crippen LogP) is 4.95. The fourth-order valence-corrected chi connectivity index (χ4v) is 3.64. The molecule has 39 heavy (non-hydrogen) atoms. The Hall–Kier alpha value is -5.18. The number of carbonyl (C=O) groups excluding carboxylic acids is 3. The van der Waals surface area contributed by atoms with Gasteiger partial charge in [-0.15, -0.1) is 0 Å². The van der Waals surface area contributed by atoms with Gasteiger partial charge in [-0.05, 0) is 65.9 Å². The minimum Gasteiger partial charge on any atom is -0.494 e. The van der Waals surface area contributed by atoms with Gasteiger partial charge in [-0.2, -0.15) is 5.10 Å². The summed E-state index contributed by atoms with van der Waals surface area (Å²) in [6, 6.07) is 24.4. The molecule has 0 aromatic heterocycles. The third-order valence-corrected chi connectivity index (χ3v) is 5.58. The van der Waals surface area contributed by atoms with Gasteiger partial charge in [0.1, 0.15) is 5.75 Å². The van der Waals surface area contributed by atoms with Gasteiger partial charge in [-0.25, -0.2) is 10.2 Å². The molecule has 2 N–H and O–H groups in total. The molecule has 0 fully saturated rings. The van der Waals surface area contributed by atoms with Crippen LogP contribution in [0.5, 0.6) is 17.2 Å². The summed E-state index contributed by atoms with van der Waals surface area (Å²) in [7, 11) is 1.44. The number of hydrogen-bond acceptors (Lipinski definition) is 7. The van der Waals surface area contributed by atoms with E-state index in [0.29, 0.717) is 29.2 Å². The Balaban J connectivity index is 1.35. The number of nitrogens with one attached hydrogen (secondary N) is 2. The van der Waals surface area contributed by atoms with Crippen molar-refractivity contribution in [2.45, 2.75) is 13.3 Å². The summed E-state index contributed by atoms with van der Waals surface area (Å²) in [5.41, 5.74) is 3.62. The number of anilines is 1. The molecule has 198 valence electrons. The van der Waals surface area contributed by atoms with Gasteiger partial charge < -0.3 is 19.5 Å². The third-order valence-electron chi connectivity index (χ3n) is 5.58. The molecule has 9 nitrogen and oxygen atoms in total. The lowest BCUT2D eigenvalue weighted by molar-refractivity contribution is -0.136. The minimum absolute atomic E-state index is 0.212. The molecule has 0 bridgehead atoms. The zero-order chi connectivity index (χ0) is 27.6. The van der Waals surface area contributed by atoms with Crippen molar-refractivity contribution in [2.75, 3.05) is 19.0 Å². The van der Waals surface area contributed by atoms with Crippen molar-refractivity contribution in [1.82, 2.24) is 5.43 Å². The number of rotatable bonds is 9. The molecule has 0 aliphatic carbocycles. The van der Waals surface area contributed by atoms with E-state index in [4.69, 9.17) is 14.2 Å². The molecule has 4 aromatic carbocycles. The lowest BCUT2D eigenvalue weighted by Crippen LogP contribution is -2.32. The van der Waals surface area contributed by atoms with Gasteiger partial charge in [0.05, 0.1) is 25.5 Å². The van der Waals surface area contributed by atoms with Gasteiger partial charge in [0.15, 0.2) is 11.5 Å². The highest BCUT2D eigenvalue weighted by Gasteiger charge is 2.15. The molecule has 9 heteroatoms. The Bertz CT molecular complexity index is 1510. The molecule has 0 radical (unpaired) electrons. The molecule has 0 unspecified atom stereocenters. The van der Waals surface area contributed by atoms with Gasteiger partial charge in [-0.3, -0.25) is 9.59 Å². The van der Waals surface area contributed by atoms with Crippen LogP contribution >= 0.6 is 0 Å². The number of hydrogen-bond donors (Lipinski definition) is 2. The van der Waals surface area contributed by atoms with E-state index in [1.54, 1.807) is 54.6 Å². The normalized spacial score (nSPS) is 10.7. The number of carbonyl (C=O) groups is 3. The number of esters is 1. The number of ether oxygens (including phenoxy) is 3. The molecule has 0 spiro atoms. The Morgan fingerprint density at radius 2 is 1.64 bits per heavy atom. The van der Waals surface area contributed by atoms with E-state index in [-0.39, 0.29) is 11.5 Å². The number of methoxy groups -OCH3 is 1. The van der Waals surface area contributed by atoms with E-state index in [2.05, 4.69) is 15.8 Å². The third kappa shape index (κ3) is 6.98. The molecular formula is C30H27N3O6. The minimum atomic E-state index is -0.928. The fourth-order valence-electron chi connectivity index (χ4n) is 3.64. The van der Waals surface area contributed by atoms with Gasteiger partial charge in [-0.1, -0.05) is 43.3 Å². The summed E-state index contributed by atoms with van der Waals surface area (Å²) >= 11 is 0. The molecule has 2 amide bonds. The highest BCUT2D eigenvalue weighted by Crippen LogP contribution is 2.29. The van der Waals surface area contributed by atoms with Crippen LogP contribution in [0.4, 0.5) is 5.69 Å². The van der Waals surface area contributed by atoms with Crippen LogP contribution in [0.2, 0.25) is 0 Å². The quantitative estimate of drug-likeness (QED) is 0.105. The Morgan fingerprint density at radius 1 is 0.872 bits per heavy atom. The van der Waals surface area contributed by atoms with Crippen molar-refractivity contribution in [3.63, 3.8) is 0 Å². The first kappa shape index (κ1) is 26.9. The van der Waals surface area contributed by atoms with Crippen LogP contribution in [0.15, 0.2) is 90.0 Å². The molecule has 4 aromatic rings. The maximum absolute atomic E-state index is 12.6. The van der Waals surface area contributed by atoms with Crippen LogP contribution in [0.1, 0.15) is 29.3 Å². The van der Waals surface area contributed by atoms with Gasteiger partial charge >= 0.3 is 17.8 Å². The zero-order valence-corrected chi connectivity index (χ0v) is 21.5. The van der Waals surface area contributed by atoms with Crippen molar-refractivity contribution in [3.05, 3.63) is 96.1 Å². The van der Waals surface area contributed by atoms with E-state index in [9.17, 15) is 14.4 Å². The fraction of sp³-hybridized carbons (Fsp3) is 0.133. The summed E-state index contributed by atoms with van der Waals surface area (Å²) in [6.45, 7) is 2.61. The molecule has 0 aliphatic heterocycles. The largest absolute Gasteiger partial charge is 0.494 e. The van der Waals surface area contributed by atoms with Crippen molar-refractivity contribution in [3.8, 4) is 17.2 Å². The Kier molecular flexibility index (Phi) is 8.87. The highest BCUT2D eigenvalue weighted by molar-refractivity contribution is 6.40. The molecule has 0 heterocycles. The van der Waals surface area contributed by atoms with Gasteiger partial charge in [0, 0.05) is 11.1 Å². The van der Waals surface area contributed by atoms with Crippen molar-refractivity contribution >= 4 is 40.5 Å². The number of fused-ring (bicyclic) bond motifs is 1. The smallest absolute Gasteiger partial charge is 0.343 e. The molecule has 4 rings (SSSR count). The predicted molar refractivity (Wildman–Crippen MR) is 148 cm³/mol. The second kappa shape index (κ2) is 12.9. The SMILES string of the molecule is CCCOc1ccc(C(=O)Oc2ccc(/C=N\NC(=O)C(=O)Nc3cccc4ccccc34)cc2OC)cc1. The standard InChI is InChI=1S/C30H27N3O6/c1-3-17-38-23-14-12-22(13-15-23)30(36)39-26-16-11-20(18-27(26)37-2)19-31-33-29(35)28(34)32-25-10-6-8-21-7-4-5-9-24(21)25/h4-16,18-19H,3,17H2,1-2H3,(H,32,34)(H,33,35)/b31-19-. The van der Waals surface area contributed by atoms with E-state index in [1.165, 1.54) is 13.3 Å². The summed E-state index contributed by atoms with van der Waals surface area (Å²) in [4.78, 5) is 37.2. The van der Waals surface area contributed by atoms with E-state index < -0.39 is 17.8 Å². The average Bonchev–Trinajstić information content (AvgIpc) is 2.97. The lowest BCUT2D eigenvalue weighted by Gasteiger charge is -2.10. The number of benzene rings is 4. The van der Waals surface area contributed by atoms with Crippen LogP contribution in [-0.4, -0.2) is 37.7 Å². The van der Waals surface area contributed by atoms with Crippen molar-refractivity contribution in [2.24, 2.45) is 5.10 Å². The molecule has 0 saturated heterocycles. The van der Waals surface area contributed by atoms with Crippen LogP contribution < -0.4 is 25.0 Å². The maximum Gasteiger partial charge on any atom is 0.343 e. The highest BCUT2D eigenvalue weighted by atomic mass is 16.6. The average molecular weight is 526 g/mol. The molecule has 0 aliphatic rings. The first-order valence-electron chi connectivity index (χ1n) is 12.2. The summed E-state index contributed by atoms with van der Waals surface area (Å²) in [6.07, 6.45) is 2.23. The maximum atomic E-state index is 12.6. The number of amides is 2. The van der Waals surface area contributed by atoms with Crippen LogP contribution in [0, 0.1) is 0 Å². The Labute approximate surface area is 225 Å². The summed E-state index contributed by atoms with van der Waals surface area (Å²) < 4.78 is 16.4. The Morgan fingerprint density at radius 3 is 2.41 bits per heavy atom. The van der Waals surface area contributed by atoms with Crippen LogP contribution in [0.3, 0.4) is 0 Å². The number of nitrogens with zero attached hydrogens (tertiary/aromatic N) is 1. The van der Waals surface area contributed by atoms with Crippen LogP contribution in [-0.2, 0) is 9.59 Å². The monoisotopic (exact) mass is 525 g/mol. The first-order chi connectivity index (χ1) is 19.0. The summed E-state index contributed by atoms with van der Waals surface area (Å²) in [5.74, 6) is -1.16. The van der Waals surface area contributed by atoms with E-state index in [1.807, 2.05) is 37.3 Å². The van der Waals surface area contributed by atoms with Gasteiger partial charge in [0.2, 0.25) is 0 Å². The molecule has 0 atom stereocenters. The summed E-state index contributed by atoms with van der Waals surface area (Å²) in [5, 5.41) is 8.20. The van der Waals surface area contributed by atoms with E-state index >= 15 is 0 Å². The second-order valence-electron chi connectivity index (χ2n) is 8.35. The topological polar surface area (TPSA) is 115 Å². The van der Waals surface area contributed by atoms with Crippen LogP contribution in [0.25, 0.3) is 10.8 Å². The number of hydrazone groups is 1.